The van der Waals surface area contributed by atoms with E-state index in [4.69, 9.17) is 56.3 Å². The molecule has 2 aliphatic rings. The average molecular weight is 746 g/mol. The smallest absolute Gasteiger partial charge is 0.328 e. The standard InChI is InChI=1S/C30H46ClFN5O6PSSi2/c1-29(2,3)46(7,8)42-24-22(15-39-44(45)38-14-21(41-44)19-13-18(31)11-12-20(19)32)40-28(25(24)43-47(9,10)30(4,5)6)37-17-36-23-26(33)34-16-35-27(23)37/h11-13,16-17,21-22,24-25,28H,14-15H2,1-10H3,(H2,33,34,35)/t21?,22-,24-,25-,28-,44?/m1/s1. The summed E-state index contributed by atoms with van der Waals surface area (Å²) in [5.41, 5.74) is 7.39. The van der Waals surface area contributed by atoms with E-state index < -0.39 is 59.8 Å². The van der Waals surface area contributed by atoms with Crippen LogP contribution in [0.4, 0.5) is 10.2 Å². The van der Waals surface area contributed by atoms with Crippen LogP contribution in [0.15, 0.2) is 30.9 Å². The van der Waals surface area contributed by atoms with Crippen LogP contribution in [-0.2, 0) is 39.0 Å². The van der Waals surface area contributed by atoms with Gasteiger partial charge in [0.25, 0.3) is 0 Å². The molecule has 3 aromatic rings. The molecule has 0 aliphatic carbocycles. The molecule has 2 fully saturated rings. The first kappa shape index (κ1) is 36.9. The molecule has 4 heterocycles. The number of aromatic nitrogens is 4. The molecule has 11 nitrogen and oxygen atoms in total. The lowest BCUT2D eigenvalue weighted by molar-refractivity contribution is -0.0468. The molecule has 2 unspecified atom stereocenters. The van der Waals surface area contributed by atoms with Gasteiger partial charge in [0.05, 0.1) is 19.5 Å². The van der Waals surface area contributed by atoms with Gasteiger partial charge in [-0.1, -0.05) is 53.1 Å². The number of nitrogens with zero attached hydrogens (tertiary/aromatic N) is 4. The molecule has 1 aromatic carbocycles. The number of ether oxygens (including phenoxy) is 1. The molecule has 2 aliphatic heterocycles. The summed E-state index contributed by atoms with van der Waals surface area (Å²) in [4.78, 5) is 13.1. The second-order valence-corrected chi connectivity index (χ2v) is 28.0. The van der Waals surface area contributed by atoms with Crippen molar-refractivity contribution in [2.24, 2.45) is 0 Å². The minimum atomic E-state index is -3.29. The first-order chi connectivity index (χ1) is 21.6. The number of nitrogen functional groups attached to an aromatic ring is 1. The van der Waals surface area contributed by atoms with Crippen LogP contribution >= 0.6 is 18.3 Å². The summed E-state index contributed by atoms with van der Waals surface area (Å²) in [6, 6.07) is 4.28. The molecule has 0 saturated carbocycles. The van der Waals surface area contributed by atoms with Crippen LogP contribution in [0.2, 0.25) is 41.3 Å². The highest BCUT2D eigenvalue weighted by molar-refractivity contribution is 8.07. The highest BCUT2D eigenvalue weighted by Gasteiger charge is 2.55. The van der Waals surface area contributed by atoms with E-state index in [1.807, 2.05) is 4.57 Å². The highest BCUT2D eigenvalue weighted by Crippen LogP contribution is 2.60. The number of hydrogen-bond donors (Lipinski definition) is 1. The van der Waals surface area contributed by atoms with Crippen molar-refractivity contribution < 1.29 is 31.6 Å². The lowest BCUT2D eigenvalue weighted by Crippen LogP contribution is -2.54. The molecule has 0 spiro atoms. The fourth-order valence-corrected chi connectivity index (χ4v) is 9.73. The minimum Gasteiger partial charge on any atom is -0.408 e. The average Bonchev–Trinajstić information content (AvgIpc) is 3.64. The molecule has 260 valence electrons. The molecule has 6 atom stereocenters. The Hall–Kier alpha value is -1.37. The van der Waals surface area contributed by atoms with E-state index in [9.17, 15) is 4.39 Å². The normalized spacial score (nSPS) is 27.6. The van der Waals surface area contributed by atoms with Gasteiger partial charge in [0.1, 0.15) is 42.1 Å². The summed E-state index contributed by atoms with van der Waals surface area (Å²) in [6.45, 7) is 18.6. The van der Waals surface area contributed by atoms with Crippen LogP contribution in [0, 0.1) is 5.82 Å². The Labute approximate surface area is 288 Å². The molecule has 0 radical (unpaired) electrons. The Balaban J connectivity index is 1.50. The van der Waals surface area contributed by atoms with E-state index in [0.717, 1.165) is 0 Å². The van der Waals surface area contributed by atoms with Crippen molar-refractivity contribution in [2.75, 3.05) is 18.9 Å². The quantitative estimate of drug-likeness (QED) is 0.170. The Morgan fingerprint density at radius 3 is 2.32 bits per heavy atom. The van der Waals surface area contributed by atoms with E-state index in [2.05, 4.69) is 82.7 Å². The topological polar surface area (TPSA) is 125 Å². The predicted molar refractivity (Wildman–Crippen MR) is 189 cm³/mol. The van der Waals surface area contributed by atoms with Gasteiger partial charge in [-0.15, -0.1) is 0 Å². The lowest BCUT2D eigenvalue weighted by Gasteiger charge is -2.44. The number of hydrogen-bond acceptors (Lipinski definition) is 11. The van der Waals surface area contributed by atoms with Crippen LogP contribution in [0.5, 0.6) is 0 Å². The van der Waals surface area contributed by atoms with Crippen molar-refractivity contribution >= 4 is 63.7 Å². The van der Waals surface area contributed by atoms with Gasteiger partial charge in [-0.3, -0.25) is 9.09 Å². The van der Waals surface area contributed by atoms with Crippen LogP contribution in [0.1, 0.15) is 59.4 Å². The Morgan fingerprint density at radius 1 is 1.04 bits per heavy atom. The van der Waals surface area contributed by atoms with Gasteiger partial charge < -0.3 is 28.4 Å². The van der Waals surface area contributed by atoms with Crippen LogP contribution in [0.25, 0.3) is 11.2 Å². The molecule has 47 heavy (non-hydrogen) atoms. The summed E-state index contributed by atoms with van der Waals surface area (Å²) < 4.78 is 55.9. The van der Waals surface area contributed by atoms with Gasteiger partial charge in [-0.25, -0.2) is 19.3 Å². The lowest BCUT2D eigenvalue weighted by atomic mass is 10.1. The summed E-state index contributed by atoms with van der Waals surface area (Å²) in [5, 5.41) is 0.164. The molecular weight excluding hydrogens is 700 g/mol. The van der Waals surface area contributed by atoms with Crippen LogP contribution < -0.4 is 5.73 Å². The number of nitrogens with two attached hydrogens (primary N) is 1. The predicted octanol–water partition coefficient (Wildman–Crippen LogP) is 7.91. The van der Waals surface area contributed by atoms with Crippen LogP contribution in [0.3, 0.4) is 0 Å². The zero-order chi connectivity index (χ0) is 34.7. The van der Waals surface area contributed by atoms with E-state index in [1.54, 1.807) is 6.33 Å². The van der Waals surface area contributed by atoms with Crippen molar-refractivity contribution in [1.82, 2.24) is 19.5 Å². The van der Waals surface area contributed by atoms with E-state index in [0.29, 0.717) is 16.2 Å². The number of anilines is 1. The second-order valence-electron chi connectivity index (χ2n) is 15.1. The van der Waals surface area contributed by atoms with E-state index in [1.165, 1.54) is 24.5 Å². The zero-order valence-electron chi connectivity index (χ0n) is 28.6. The van der Waals surface area contributed by atoms with Crippen LogP contribution in [-0.4, -0.2) is 67.7 Å². The van der Waals surface area contributed by atoms with Crippen molar-refractivity contribution in [3.05, 3.63) is 47.3 Å². The molecule has 2 saturated heterocycles. The monoisotopic (exact) mass is 745 g/mol. The Kier molecular flexibility index (Phi) is 10.3. The number of imidazole rings is 1. The first-order valence-corrected chi connectivity index (χ1v) is 24.3. The first-order valence-electron chi connectivity index (χ1n) is 15.6. The maximum absolute atomic E-state index is 14.7. The van der Waals surface area contributed by atoms with Crippen molar-refractivity contribution in [3.8, 4) is 0 Å². The van der Waals surface area contributed by atoms with Crippen molar-refractivity contribution in [3.63, 3.8) is 0 Å². The maximum atomic E-state index is 14.7. The third-order valence-electron chi connectivity index (χ3n) is 9.76. The molecular formula is C30H46ClFN5O6PSSi2. The largest absolute Gasteiger partial charge is 0.408 e. The number of rotatable bonds is 9. The second kappa shape index (κ2) is 13.1. The van der Waals surface area contributed by atoms with E-state index >= 15 is 0 Å². The van der Waals surface area contributed by atoms with Gasteiger partial charge in [-0.2, -0.15) is 0 Å². The Morgan fingerprint density at radius 2 is 1.68 bits per heavy atom. The van der Waals surface area contributed by atoms with Gasteiger partial charge in [-0.05, 0) is 66.3 Å². The third kappa shape index (κ3) is 7.55. The zero-order valence-corrected chi connectivity index (χ0v) is 33.1. The summed E-state index contributed by atoms with van der Waals surface area (Å²) >= 11 is 11.9. The summed E-state index contributed by atoms with van der Waals surface area (Å²) in [7, 11) is -4.80. The molecule has 5 rings (SSSR count). The molecule has 2 aromatic heterocycles. The van der Waals surface area contributed by atoms with Crippen molar-refractivity contribution in [2.45, 2.75) is 108 Å². The Bertz CT molecular complexity index is 1670. The summed E-state index contributed by atoms with van der Waals surface area (Å²) in [6.07, 6.45) is -0.169. The highest BCUT2D eigenvalue weighted by atomic mass is 35.5. The number of fused-ring (bicyclic) bond motifs is 1. The van der Waals surface area contributed by atoms with Gasteiger partial charge in [0.2, 0.25) is 0 Å². The minimum absolute atomic E-state index is 0.0150. The van der Waals surface area contributed by atoms with E-state index in [-0.39, 0.29) is 34.7 Å². The SMILES string of the molecule is CC(C)(C)[Si](C)(C)O[C@@H]1[C@H](O[Si](C)(C)C(C)(C)C)[C@@H](COP2(=S)OCC(c3cc(Cl)ccc3F)O2)O[C@H]1n1cnc2c(N)ncnc21. The summed E-state index contributed by atoms with van der Waals surface area (Å²) in [5.74, 6) is -0.194. The molecule has 2 N–H and O–H groups in total. The fourth-order valence-electron chi connectivity index (χ4n) is 4.94. The van der Waals surface area contributed by atoms with Gasteiger partial charge >= 0.3 is 6.72 Å². The maximum Gasteiger partial charge on any atom is 0.328 e. The molecule has 0 bridgehead atoms. The molecule has 17 heteroatoms. The van der Waals surface area contributed by atoms with Gasteiger partial charge in [0.15, 0.2) is 34.3 Å². The molecule has 0 amide bonds. The van der Waals surface area contributed by atoms with Gasteiger partial charge in [0, 0.05) is 10.6 Å². The number of halogens is 2. The fraction of sp³-hybridized carbons (Fsp3) is 0.633. The third-order valence-corrected chi connectivity index (χ3v) is 21.3. The van der Waals surface area contributed by atoms with Crippen molar-refractivity contribution in [1.29, 1.82) is 0 Å². The number of benzene rings is 1.